The molecular weight excluding hydrogens is 208 g/mol. The van der Waals surface area contributed by atoms with Crippen LogP contribution in [0.25, 0.3) is 10.6 Å². The van der Waals surface area contributed by atoms with E-state index < -0.39 is 0 Å². The summed E-state index contributed by atoms with van der Waals surface area (Å²) in [6.45, 7) is 0. The van der Waals surface area contributed by atoms with Crippen molar-refractivity contribution in [2.24, 2.45) is 7.05 Å². The number of rotatable bonds is 2. The summed E-state index contributed by atoms with van der Waals surface area (Å²) in [5.41, 5.74) is 1.12. The molecule has 1 N–H and O–H groups in total. The molecule has 1 amide bonds. The van der Waals surface area contributed by atoms with Crippen molar-refractivity contribution in [1.29, 1.82) is 0 Å². The SMILES string of the molecule is Cn1c2cssc-2c(NC=O)c1=O. The van der Waals surface area contributed by atoms with Gasteiger partial charge in [-0.25, -0.2) is 0 Å². The Morgan fingerprint density at radius 2 is 2.38 bits per heavy atom. The fourth-order valence-corrected chi connectivity index (χ4v) is 3.48. The first-order chi connectivity index (χ1) is 6.25. The first-order valence-corrected chi connectivity index (χ1v) is 5.73. The molecule has 0 unspecified atom stereocenters. The van der Waals surface area contributed by atoms with Gasteiger partial charge >= 0.3 is 0 Å². The molecule has 0 atom stereocenters. The second kappa shape index (κ2) is 2.97. The van der Waals surface area contributed by atoms with Crippen LogP contribution in [0.5, 0.6) is 0 Å². The van der Waals surface area contributed by atoms with Gasteiger partial charge in [0.05, 0.1) is 10.6 Å². The van der Waals surface area contributed by atoms with Crippen LogP contribution in [-0.2, 0) is 11.8 Å². The fourth-order valence-electron chi connectivity index (χ4n) is 1.18. The molecule has 2 rings (SSSR count). The van der Waals surface area contributed by atoms with Gasteiger partial charge in [0.25, 0.3) is 5.56 Å². The van der Waals surface area contributed by atoms with Crippen molar-refractivity contribution in [3.05, 3.63) is 15.7 Å². The van der Waals surface area contributed by atoms with Crippen molar-refractivity contribution >= 4 is 32.8 Å². The monoisotopic (exact) mass is 214 g/mol. The summed E-state index contributed by atoms with van der Waals surface area (Å²) >= 11 is 0. The van der Waals surface area contributed by atoms with E-state index in [1.807, 2.05) is 5.38 Å². The lowest BCUT2D eigenvalue weighted by Crippen LogP contribution is -2.14. The van der Waals surface area contributed by atoms with Crippen LogP contribution in [0.2, 0.25) is 0 Å². The second-order valence-corrected chi connectivity index (χ2v) is 4.59. The molecule has 2 heterocycles. The van der Waals surface area contributed by atoms with Crippen LogP contribution < -0.4 is 10.9 Å². The third-order valence-corrected chi connectivity index (χ3v) is 3.91. The van der Waals surface area contributed by atoms with E-state index in [2.05, 4.69) is 5.32 Å². The summed E-state index contributed by atoms with van der Waals surface area (Å²) in [6.07, 6.45) is 0.528. The lowest BCUT2D eigenvalue weighted by atomic mass is 10.4. The van der Waals surface area contributed by atoms with Crippen LogP contribution in [0.3, 0.4) is 0 Å². The van der Waals surface area contributed by atoms with Gasteiger partial charge in [0.1, 0.15) is 5.69 Å². The highest BCUT2D eigenvalue weighted by Crippen LogP contribution is 2.36. The molecule has 0 spiro atoms. The summed E-state index contributed by atoms with van der Waals surface area (Å²) < 4.78 is 1.54. The van der Waals surface area contributed by atoms with Crippen molar-refractivity contribution in [2.45, 2.75) is 0 Å². The Bertz CT molecular complexity index is 468. The minimum atomic E-state index is -0.152. The smallest absolute Gasteiger partial charge is 0.276 e. The quantitative estimate of drug-likeness (QED) is 0.603. The van der Waals surface area contributed by atoms with Crippen LogP contribution in [0.15, 0.2) is 10.2 Å². The van der Waals surface area contributed by atoms with Crippen LogP contribution in [0.1, 0.15) is 0 Å². The van der Waals surface area contributed by atoms with Gasteiger partial charge in [-0.1, -0.05) is 20.7 Å². The zero-order chi connectivity index (χ0) is 9.42. The number of carbonyl (C=O) groups is 1. The number of aromatic nitrogens is 1. The second-order valence-electron chi connectivity index (χ2n) is 2.51. The number of fused-ring (bicyclic) bond motifs is 1. The molecule has 68 valence electrons. The van der Waals surface area contributed by atoms with Crippen molar-refractivity contribution in [1.82, 2.24) is 4.57 Å². The normalized spacial score (nSPS) is 10.5. The van der Waals surface area contributed by atoms with Gasteiger partial charge < -0.3 is 9.88 Å². The zero-order valence-electron chi connectivity index (χ0n) is 6.73. The molecule has 0 aliphatic carbocycles. The average Bonchev–Trinajstić information content (AvgIpc) is 2.66. The Balaban J connectivity index is 2.73. The standard InChI is InChI=1S/C7H6N2O2S2/c1-9-4-2-12-13-6(4)5(7(9)11)8-3-10/h2-3H,1H3,(H,8,10). The molecule has 2 aliphatic heterocycles. The number of anilines is 1. The topological polar surface area (TPSA) is 51.1 Å². The van der Waals surface area contributed by atoms with E-state index in [0.29, 0.717) is 12.1 Å². The van der Waals surface area contributed by atoms with Crippen molar-refractivity contribution in [3.63, 3.8) is 0 Å². The Morgan fingerprint density at radius 1 is 1.62 bits per heavy atom. The first kappa shape index (κ1) is 8.46. The molecule has 0 bridgehead atoms. The lowest BCUT2D eigenvalue weighted by molar-refractivity contribution is -0.105. The third kappa shape index (κ3) is 1.10. The molecule has 0 fully saturated rings. The van der Waals surface area contributed by atoms with E-state index in [1.54, 1.807) is 17.4 Å². The van der Waals surface area contributed by atoms with Gasteiger partial charge in [-0.3, -0.25) is 9.59 Å². The summed E-state index contributed by atoms with van der Waals surface area (Å²) in [4.78, 5) is 22.6. The predicted octanol–water partition coefficient (Wildman–Crippen LogP) is 1.18. The minimum absolute atomic E-state index is 0.152. The molecule has 0 saturated carbocycles. The maximum Gasteiger partial charge on any atom is 0.276 e. The number of amides is 1. The Morgan fingerprint density at radius 3 is 3.08 bits per heavy atom. The van der Waals surface area contributed by atoms with Gasteiger partial charge in [-0.05, 0) is 0 Å². The van der Waals surface area contributed by atoms with Gasteiger partial charge in [0.15, 0.2) is 0 Å². The summed E-state index contributed by atoms with van der Waals surface area (Å²) in [5, 5.41) is 4.33. The molecule has 0 radical (unpaired) electrons. The van der Waals surface area contributed by atoms with Gasteiger partial charge in [-0.15, -0.1) is 0 Å². The molecule has 6 heteroatoms. The third-order valence-electron chi connectivity index (χ3n) is 1.83. The van der Waals surface area contributed by atoms with E-state index in [4.69, 9.17) is 0 Å². The average molecular weight is 214 g/mol. The molecule has 0 aromatic carbocycles. The van der Waals surface area contributed by atoms with E-state index in [1.165, 1.54) is 14.9 Å². The van der Waals surface area contributed by atoms with Crippen molar-refractivity contribution < 1.29 is 4.79 Å². The van der Waals surface area contributed by atoms with E-state index in [9.17, 15) is 9.59 Å². The Kier molecular flexibility index (Phi) is 1.93. The molecular formula is C7H6N2O2S2. The molecule has 13 heavy (non-hydrogen) atoms. The number of hydrogen-bond donors (Lipinski definition) is 1. The van der Waals surface area contributed by atoms with E-state index >= 15 is 0 Å². The fraction of sp³-hybridized carbons (Fsp3) is 0.143. The zero-order valence-corrected chi connectivity index (χ0v) is 8.37. The molecule has 0 aromatic rings. The lowest BCUT2D eigenvalue weighted by Gasteiger charge is -1.90. The molecule has 4 nitrogen and oxygen atoms in total. The Hall–Kier alpha value is -1.14. The van der Waals surface area contributed by atoms with Gasteiger partial charge in [0, 0.05) is 12.4 Å². The van der Waals surface area contributed by atoms with Crippen LogP contribution in [0, 0.1) is 0 Å². The predicted molar refractivity (Wildman–Crippen MR) is 53.7 cm³/mol. The minimum Gasteiger partial charge on any atom is -0.323 e. The van der Waals surface area contributed by atoms with Crippen LogP contribution in [-0.4, -0.2) is 11.0 Å². The number of carbonyl (C=O) groups excluding carboxylic acids is 1. The maximum atomic E-state index is 11.5. The number of hydrogen-bond acceptors (Lipinski definition) is 4. The first-order valence-electron chi connectivity index (χ1n) is 3.52. The highest BCUT2D eigenvalue weighted by molar-refractivity contribution is 7.70. The van der Waals surface area contributed by atoms with Gasteiger partial charge in [0.2, 0.25) is 6.41 Å². The van der Waals surface area contributed by atoms with Crippen molar-refractivity contribution in [2.75, 3.05) is 5.32 Å². The summed E-state index contributed by atoms with van der Waals surface area (Å²) in [5.74, 6) is 0. The van der Waals surface area contributed by atoms with Gasteiger partial charge in [-0.2, -0.15) is 0 Å². The molecule has 2 aliphatic rings. The van der Waals surface area contributed by atoms with Crippen LogP contribution in [0.4, 0.5) is 5.69 Å². The highest BCUT2D eigenvalue weighted by Gasteiger charge is 2.19. The Labute approximate surface area is 81.2 Å². The number of nitrogens with zero attached hydrogens (tertiary/aromatic N) is 1. The van der Waals surface area contributed by atoms with E-state index in [-0.39, 0.29) is 5.56 Å². The largest absolute Gasteiger partial charge is 0.323 e. The number of nitrogens with one attached hydrogen (secondary N) is 1. The highest BCUT2D eigenvalue weighted by atomic mass is 32.9. The maximum absolute atomic E-state index is 11.5. The summed E-state index contributed by atoms with van der Waals surface area (Å²) in [7, 11) is 4.73. The molecule has 0 saturated heterocycles. The van der Waals surface area contributed by atoms with Crippen LogP contribution >= 0.6 is 20.7 Å². The summed E-state index contributed by atoms with van der Waals surface area (Å²) in [6, 6.07) is 0. The van der Waals surface area contributed by atoms with E-state index in [0.717, 1.165) is 10.6 Å². The molecule has 0 aromatic heterocycles. The van der Waals surface area contributed by atoms with Crippen molar-refractivity contribution in [3.8, 4) is 10.6 Å².